The van der Waals surface area contributed by atoms with Gasteiger partial charge in [-0.15, -0.1) is 3.71 Å². The second kappa shape index (κ2) is 9.82. The highest BCUT2D eigenvalue weighted by Crippen LogP contribution is 2.40. The number of aryl methyl sites for hydroxylation is 1. The van der Waals surface area contributed by atoms with Gasteiger partial charge in [0.25, 0.3) is 15.7 Å². The van der Waals surface area contributed by atoms with E-state index < -0.39 is 26.7 Å². The summed E-state index contributed by atoms with van der Waals surface area (Å²) in [6.07, 6.45) is -4.59. The summed E-state index contributed by atoms with van der Waals surface area (Å²) in [5, 5.41) is 11.2. The first-order chi connectivity index (χ1) is 15.8. The molecular formula is C21H16ClF3N2O5S2. The fourth-order valence-corrected chi connectivity index (χ4v) is 5.28. The van der Waals surface area contributed by atoms with E-state index in [1.165, 1.54) is 31.3 Å². The van der Waals surface area contributed by atoms with Gasteiger partial charge in [0.15, 0.2) is 0 Å². The van der Waals surface area contributed by atoms with E-state index in [1.54, 1.807) is 19.1 Å². The molecule has 0 saturated heterocycles. The first kappa shape index (κ1) is 25.8. The Kier molecular flexibility index (Phi) is 7.46. The van der Waals surface area contributed by atoms with Crippen LogP contribution in [0.2, 0.25) is 5.02 Å². The van der Waals surface area contributed by atoms with Crippen molar-refractivity contribution in [3.8, 4) is 11.5 Å². The van der Waals surface area contributed by atoms with Gasteiger partial charge in [-0.2, -0.15) is 13.2 Å². The molecule has 0 fully saturated rings. The van der Waals surface area contributed by atoms with E-state index in [1.807, 2.05) is 0 Å². The summed E-state index contributed by atoms with van der Waals surface area (Å²) in [5.41, 5.74) is -0.494. The molecule has 0 spiro atoms. The minimum absolute atomic E-state index is 0.000283. The third-order valence-electron chi connectivity index (χ3n) is 4.50. The lowest BCUT2D eigenvalue weighted by Gasteiger charge is -2.17. The van der Waals surface area contributed by atoms with Crippen LogP contribution >= 0.6 is 23.5 Å². The lowest BCUT2D eigenvalue weighted by atomic mass is 10.2. The number of hydrogen-bond donors (Lipinski definition) is 0. The molecule has 0 bridgehead atoms. The van der Waals surface area contributed by atoms with Gasteiger partial charge in [0.2, 0.25) is 0 Å². The number of nitro groups is 1. The van der Waals surface area contributed by atoms with E-state index in [-0.39, 0.29) is 32.0 Å². The molecule has 3 aromatic rings. The Morgan fingerprint density at radius 1 is 1.06 bits per heavy atom. The zero-order valence-corrected chi connectivity index (χ0v) is 19.9. The van der Waals surface area contributed by atoms with Crippen LogP contribution in [0.5, 0.6) is 11.5 Å². The highest BCUT2D eigenvalue weighted by Gasteiger charge is 2.31. The summed E-state index contributed by atoms with van der Waals surface area (Å²) in [7, 11) is -2.75. The Hall–Kier alpha value is -2.80. The molecule has 0 N–H and O–H groups in total. The van der Waals surface area contributed by atoms with Crippen LogP contribution in [0.15, 0.2) is 70.5 Å². The second-order valence-electron chi connectivity index (χ2n) is 6.95. The zero-order chi connectivity index (χ0) is 25.3. The first-order valence-corrected chi connectivity index (χ1v) is 11.9. The second-order valence-corrected chi connectivity index (χ2v) is 10.7. The summed E-state index contributed by atoms with van der Waals surface area (Å²) >= 11 is 6.49. The minimum atomic E-state index is -4.59. The highest BCUT2D eigenvalue weighted by atomic mass is 35.5. The normalized spacial score (nSPS) is 12.1. The van der Waals surface area contributed by atoms with Crippen LogP contribution in [-0.2, 0) is 16.2 Å². The molecule has 13 heteroatoms. The Bertz CT molecular complexity index is 1330. The minimum Gasteiger partial charge on any atom is -0.456 e. The first-order valence-electron chi connectivity index (χ1n) is 9.35. The number of rotatable bonds is 7. The van der Waals surface area contributed by atoms with Crippen molar-refractivity contribution < 1.29 is 31.2 Å². The monoisotopic (exact) mass is 532 g/mol. The molecule has 0 radical (unpaired) electrons. The molecule has 0 unspecified atom stereocenters. The molecule has 7 nitrogen and oxygen atoms in total. The number of halogens is 4. The molecule has 180 valence electrons. The predicted molar refractivity (Wildman–Crippen MR) is 122 cm³/mol. The van der Waals surface area contributed by atoms with Crippen LogP contribution in [0, 0.1) is 17.0 Å². The van der Waals surface area contributed by atoms with Gasteiger partial charge in [0.05, 0.1) is 20.4 Å². The Morgan fingerprint density at radius 3 is 2.26 bits per heavy atom. The van der Waals surface area contributed by atoms with E-state index >= 15 is 0 Å². The number of nitrogens with zero attached hydrogens (tertiary/aromatic N) is 2. The molecular weight excluding hydrogens is 517 g/mol. The molecule has 0 aliphatic rings. The maximum absolute atomic E-state index is 12.9. The molecule has 0 amide bonds. The topological polar surface area (TPSA) is 89.8 Å². The summed E-state index contributed by atoms with van der Waals surface area (Å²) in [5.74, 6) is -0.101. The average Bonchev–Trinajstić information content (AvgIpc) is 2.74. The number of ether oxygens (including phenoxy) is 1. The van der Waals surface area contributed by atoms with Crippen molar-refractivity contribution >= 4 is 39.3 Å². The Balaban J connectivity index is 1.91. The maximum Gasteiger partial charge on any atom is 0.416 e. The van der Waals surface area contributed by atoms with Gasteiger partial charge in [0.1, 0.15) is 16.4 Å². The van der Waals surface area contributed by atoms with E-state index in [2.05, 4.69) is 0 Å². The van der Waals surface area contributed by atoms with E-state index in [4.69, 9.17) is 16.3 Å². The standard InChI is InChI=1S/C21H16ClF3N2O5S2/c1-13-3-7-16(8-4-13)34(30,31)26(2)33-20-12-15(6-9-18(20)27(28)29)32-19-10-5-14(11-17(19)22)21(23,24)25/h3-12H,1-2H3. The fourth-order valence-electron chi connectivity index (χ4n) is 2.72. The number of alkyl halides is 3. The number of hydrogen-bond acceptors (Lipinski definition) is 6. The van der Waals surface area contributed by atoms with Gasteiger partial charge < -0.3 is 4.74 Å². The summed E-state index contributed by atoms with van der Waals surface area (Å²) in [6.45, 7) is 1.80. The van der Waals surface area contributed by atoms with Crippen molar-refractivity contribution in [3.05, 3.63) is 86.9 Å². The molecule has 0 aliphatic heterocycles. The van der Waals surface area contributed by atoms with Crippen LogP contribution in [-0.4, -0.2) is 24.1 Å². The van der Waals surface area contributed by atoms with Crippen LogP contribution in [0.1, 0.15) is 11.1 Å². The molecule has 3 aromatic carbocycles. The Labute approximate surface area is 202 Å². The van der Waals surface area contributed by atoms with Gasteiger partial charge in [-0.05, 0) is 55.3 Å². The fraction of sp³-hybridized carbons (Fsp3) is 0.143. The highest BCUT2D eigenvalue weighted by molar-refractivity contribution is 8.08. The summed E-state index contributed by atoms with van der Waals surface area (Å²) in [4.78, 5) is 10.7. The van der Waals surface area contributed by atoms with E-state index in [0.29, 0.717) is 18.0 Å². The predicted octanol–water partition coefficient (Wildman–Crippen LogP) is 6.70. The molecule has 0 saturated carbocycles. The quantitative estimate of drug-likeness (QED) is 0.191. The Morgan fingerprint density at radius 2 is 1.71 bits per heavy atom. The van der Waals surface area contributed by atoms with Gasteiger partial charge in [-0.1, -0.05) is 29.3 Å². The van der Waals surface area contributed by atoms with Crippen LogP contribution in [0.3, 0.4) is 0 Å². The zero-order valence-electron chi connectivity index (χ0n) is 17.5. The molecule has 3 rings (SSSR count). The lowest BCUT2D eigenvalue weighted by molar-refractivity contribution is -0.387. The van der Waals surface area contributed by atoms with Crippen LogP contribution < -0.4 is 4.74 Å². The third-order valence-corrected chi connectivity index (χ3v) is 7.93. The molecule has 34 heavy (non-hydrogen) atoms. The van der Waals surface area contributed by atoms with Crippen molar-refractivity contribution in [1.82, 2.24) is 3.71 Å². The van der Waals surface area contributed by atoms with Gasteiger partial charge in [-0.25, -0.2) is 8.42 Å². The summed E-state index contributed by atoms with van der Waals surface area (Å²) < 4.78 is 70.6. The molecule has 0 aromatic heterocycles. The summed E-state index contributed by atoms with van der Waals surface area (Å²) in [6, 6.07) is 12.1. The number of sulfonamides is 1. The van der Waals surface area contributed by atoms with E-state index in [0.717, 1.165) is 27.5 Å². The van der Waals surface area contributed by atoms with Crippen molar-refractivity contribution in [2.75, 3.05) is 7.05 Å². The lowest BCUT2D eigenvalue weighted by Crippen LogP contribution is -2.20. The number of nitro benzene ring substituents is 1. The SMILES string of the molecule is Cc1ccc(S(=O)(=O)N(C)Sc2cc(Oc3ccc(C(F)(F)F)cc3Cl)ccc2[N+](=O)[O-])cc1. The van der Waals surface area contributed by atoms with Gasteiger partial charge in [-0.3, -0.25) is 10.1 Å². The van der Waals surface area contributed by atoms with Crippen molar-refractivity contribution in [2.24, 2.45) is 0 Å². The average molecular weight is 533 g/mol. The van der Waals surface area contributed by atoms with E-state index in [9.17, 15) is 31.7 Å². The smallest absolute Gasteiger partial charge is 0.416 e. The van der Waals surface area contributed by atoms with Crippen molar-refractivity contribution in [3.63, 3.8) is 0 Å². The van der Waals surface area contributed by atoms with Crippen LogP contribution in [0.4, 0.5) is 18.9 Å². The van der Waals surface area contributed by atoms with Gasteiger partial charge >= 0.3 is 6.18 Å². The van der Waals surface area contributed by atoms with Crippen molar-refractivity contribution in [1.29, 1.82) is 0 Å². The van der Waals surface area contributed by atoms with Gasteiger partial charge in [0, 0.05) is 19.2 Å². The van der Waals surface area contributed by atoms with Crippen molar-refractivity contribution in [2.45, 2.75) is 22.9 Å². The number of benzene rings is 3. The third kappa shape index (κ3) is 5.81. The largest absolute Gasteiger partial charge is 0.456 e. The molecule has 0 aliphatic carbocycles. The maximum atomic E-state index is 12.9. The molecule has 0 atom stereocenters. The molecule has 0 heterocycles. The van der Waals surface area contributed by atoms with Crippen LogP contribution in [0.25, 0.3) is 0 Å².